The van der Waals surface area contributed by atoms with Gasteiger partial charge >= 0.3 is 0 Å². The first-order chi connectivity index (χ1) is 5.57. The highest BCUT2D eigenvalue weighted by Crippen LogP contribution is 2.18. The fraction of sp³-hybridized carbons (Fsp3) is 1.00. The van der Waals surface area contributed by atoms with Gasteiger partial charge in [0.1, 0.15) is 24.4 Å². The zero-order valence-electron chi connectivity index (χ0n) is 6.24. The molecule has 0 aliphatic carbocycles. The first kappa shape index (κ1) is 9.85. The number of rotatable bonds is 1. The summed E-state index contributed by atoms with van der Waals surface area (Å²) in [5.41, 5.74) is 0. The smallest absolute Gasteiger partial charge is 0.184 e. The monoisotopic (exact) mass is 181 g/mol. The predicted molar refractivity (Wildman–Crippen MR) is 36.0 cm³/mol. The van der Waals surface area contributed by atoms with Gasteiger partial charge in [0.15, 0.2) is 6.29 Å². The van der Waals surface area contributed by atoms with Crippen molar-refractivity contribution in [3.05, 3.63) is 0 Å². The first-order valence-corrected chi connectivity index (χ1v) is 3.56. The van der Waals surface area contributed by atoms with Crippen molar-refractivity contribution in [3.8, 4) is 0 Å². The Morgan fingerprint density at radius 1 is 0.917 bits per heavy atom. The van der Waals surface area contributed by atoms with Crippen molar-refractivity contribution < 1.29 is 30.3 Å². The van der Waals surface area contributed by atoms with Gasteiger partial charge in [0, 0.05) is 0 Å². The average molecular weight is 181 g/mol. The molecule has 0 unspecified atom stereocenters. The summed E-state index contributed by atoms with van der Waals surface area (Å²) in [6.07, 6.45) is -7.04. The molecular formula is C6H12O6. The second kappa shape index (κ2) is 3.65. The van der Waals surface area contributed by atoms with Crippen LogP contribution in [0.5, 0.6) is 0 Å². The summed E-state index contributed by atoms with van der Waals surface area (Å²) < 4.78 is 4.58. The molecule has 0 spiro atoms. The van der Waals surface area contributed by atoms with Crippen molar-refractivity contribution in [3.63, 3.8) is 0 Å². The van der Waals surface area contributed by atoms with Gasteiger partial charge in [-0.2, -0.15) is 0 Å². The molecule has 0 aromatic heterocycles. The quantitative estimate of drug-likeness (QED) is 0.272. The molecular weight excluding hydrogens is 169 g/mol. The second-order valence-corrected chi connectivity index (χ2v) is 2.72. The number of aliphatic hydroxyl groups is 5. The van der Waals surface area contributed by atoms with E-state index in [2.05, 4.69) is 4.74 Å². The fourth-order valence-electron chi connectivity index (χ4n) is 1.08. The van der Waals surface area contributed by atoms with Crippen LogP contribution in [-0.2, 0) is 4.74 Å². The van der Waals surface area contributed by atoms with Crippen LogP contribution in [0.1, 0.15) is 0 Å². The SMILES string of the molecule is O[13CH2][C@H]1O[C@H](O)[C@H](O)[C@@H](O)[C@@H]1O. The maximum atomic E-state index is 9.12. The van der Waals surface area contributed by atoms with Gasteiger partial charge in [-0.3, -0.25) is 0 Å². The van der Waals surface area contributed by atoms with E-state index in [1.54, 1.807) is 0 Å². The minimum Gasteiger partial charge on any atom is -0.394 e. The average Bonchev–Trinajstić information content (AvgIpc) is 2.08. The third-order valence-corrected chi connectivity index (χ3v) is 1.87. The lowest BCUT2D eigenvalue weighted by Crippen LogP contribution is -2.58. The van der Waals surface area contributed by atoms with Crippen LogP contribution in [0.15, 0.2) is 0 Å². The van der Waals surface area contributed by atoms with E-state index in [9.17, 15) is 0 Å². The van der Waals surface area contributed by atoms with Crippen LogP contribution in [0.4, 0.5) is 0 Å². The molecule has 0 saturated carbocycles. The minimum absolute atomic E-state index is 0.526. The van der Waals surface area contributed by atoms with Gasteiger partial charge in [-0.1, -0.05) is 0 Å². The molecule has 1 heterocycles. The minimum atomic E-state index is -1.57. The molecule has 1 saturated heterocycles. The molecule has 0 aromatic rings. The van der Waals surface area contributed by atoms with Gasteiger partial charge in [0.25, 0.3) is 0 Å². The zero-order valence-corrected chi connectivity index (χ0v) is 6.24. The van der Waals surface area contributed by atoms with Crippen LogP contribution in [0.2, 0.25) is 0 Å². The number of ether oxygens (including phenoxy) is 1. The molecule has 6 heteroatoms. The predicted octanol–water partition coefficient (Wildman–Crippen LogP) is -3.22. The summed E-state index contributed by atoms with van der Waals surface area (Å²) in [5.74, 6) is 0. The van der Waals surface area contributed by atoms with Gasteiger partial charge in [-0.15, -0.1) is 0 Å². The van der Waals surface area contributed by atoms with Crippen LogP contribution >= 0.6 is 0 Å². The van der Waals surface area contributed by atoms with Gasteiger partial charge < -0.3 is 30.3 Å². The topological polar surface area (TPSA) is 110 Å². The molecule has 0 bridgehead atoms. The molecule has 5 atom stereocenters. The van der Waals surface area contributed by atoms with E-state index < -0.39 is 37.3 Å². The standard InChI is InChI=1S/C6H12O6/c7-1-2-3(8)4(9)5(10)6(11)12-2/h2-11H,1H2/t2-,3-,4+,5-,6+/m1/s1/i1+1. The highest BCUT2D eigenvalue weighted by Gasteiger charge is 2.42. The molecule has 1 rings (SSSR count). The van der Waals surface area contributed by atoms with Crippen LogP contribution in [-0.4, -0.2) is 62.8 Å². The van der Waals surface area contributed by atoms with Crippen LogP contribution < -0.4 is 0 Å². The maximum absolute atomic E-state index is 9.12. The lowest BCUT2D eigenvalue weighted by Gasteiger charge is -2.37. The first-order valence-electron chi connectivity index (χ1n) is 3.56. The number of aliphatic hydroxyl groups excluding tert-OH is 5. The molecule has 0 aromatic carbocycles. The van der Waals surface area contributed by atoms with Gasteiger partial charge in [-0.25, -0.2) is 0 Å². The lowest BCUT2D eigenvalue weighted by atomic mass is 10.0. The summed E-state index contributed by atoms with van der Waals surface area (Å²) in [6.45, 7) is -0.526. The molecule has 1 fully saturated rings. The summed E-state index contributed by atoms with van der Waals surface area (Å²) in [4.78, 5) is 0. The molecule has 0 amide bonds. The van der Waals surface area contributed by atoms with E-state index in [1.165, 1.54) is 0 Å². The Morgan fingerprint density at radius 2 is 1.50 bits per heavy atom. The highest BCUT2D eigenvalue weighted by molar-refractivity contribution is 4.87. The van der Waals surface area contributed by atoms with E-state index >= 15 is 0 Å². The Bertz CT molecular complexity index is 146. The van der Waals surface area contributed by atoms with E-state index in [1.807, 2.05) is 0 Å². The maximum Gasteiger partial charge on any atom is 0.184 e. The summed E-state index contributed by atoms with van der Waals surface area (Å²) >= 11 is 0. The van der Waals surface area contributed by atoms with Crippen molar-refractivity contribution in [2.24, 2.45) is 0 Å². The molecule has 72 valence electrons. The lowest BCUT2D eigenvalue weighted by molar-refractivity contribution is -0.286. The molecule has 1 aliphatic heterocycles. The Balaban J connectivity index is 2.63. The van der Waals surface area contributed by atoms with Crippen molar-refractivity contribution in [2.45, 2.75) is 30.7 Å². The van der Waals surface area contributed by atoms with Crippen molar-refractivity contribution in [1.29, 1.82) is 0 Å². The van der Waals surface area contributed by atoms with Gasteiger partial charge in [0.05, 0.1) is 6.61 Å². The molecule has 6 nitrogen and oxygen atoms in total. The summed E-state index contributed by atoms with van der Waals surface area (Å²) in [5, 5.41) is 44.7. The van der Waals surface area contributed by atoms with Gasteiger partial charge in [0.2, 0.25) is 0 Å². The normalized spacial score (nSPS) is 49.2. The van der Waals surface area contributed by atoms with Crippen molar-refractivity contribution in [2.75, 3.05) is 6.61 Å². The molecule has 5 N–H and O–H groups in total. The largest absolute Gasteiger partial charge is 0.394 e. The van der Waals surface area contributed by atoms with Crippen LogP contribution in [0.25, 0.3) is 0 Å². The number of hydrogen-bond donors (Lipinski definition) is 5. The molecule has 12 heavy (non-hydrogen) atoms. The van der Waals surface area contributed by atoms with E-state index in [0.29, 0.717) is 0 Å². The molecule has 0 radical (unpaired) electrons. The Morgan fingerprint density at radius 3 is 2.00 bits per heavy atom. The highest BCUT2D eigenvalue weighted by atomic mass is 16.6. The second-order valence-electron chi connectivity index (χ2n) is 2.72. The fourth-order valence-corrected chi connectivity index (χ4v) is 1.08. The Hall–Kier alpha value is -0.240. The van der Waals surface area contributed by atoms with E-state index in [-0.39, 0.29) is 0 Å². The van der Waals surface area contributed by atoms with Crippen LogP contribution in [0.3, 0.4) is 0 Å². The van der Waals surface area contributed by atoms with Crippen molar-refractivity contribution >= 4 is 0 Å². The Labute approximate surface area is 68.6 Å². The van der Waals surface area contributed by atoms with E-state index in [0.717, 1.165) is 0 Å². The van der Waals surface area contributed by atoms with Crippen molar-refractivity contribution in [1.82, 2.24) is 0 Å². The van der Waals surface area contributed by atoms with Crippen LogP contribution in [0, 0.1) is 0 Å². The summed E-state index contributed by atoms with van der Waals surface area (Å²) in [6, 6.07) is 0. The third kappa shape index (κ3) is 1.58. The Kier molecular flexibility index (Phi) is 2.99. The van der Waals surface area contributed by atoms with E-state index in [4.69, 9.17) is 25.5 Å². The molecule has 1 aliphatic rings. The zero-order chi connectivity index (χ0) is 9.30. The summed E-state index contributed by atoms with van der Waals surface area (Å²) in [7, 11) is 0. The van der Waals surface area contributed by atoms with Gasteiger partial charge in [-0.05, 0) is 0 Å². The number of hydrogen-bond acceptors (Lipinski definition) is 6. The third-order valence-electron chi connectivity index (χ3n) is 1.87.